The SMILES string of the molecule is CCNC(c1cccc2cccnc12)c1nccn1CC. The number of imidazole rings is 1. The lowest BCUT2D eigenvalue weighted by Gasteiger charge is -2.20. The molecular weight excluding hydrogens is 260 g/mol. The van der Waals surface area contributed by atoms with Crippen molar-refractivity contribution in [2.75, 3.05) is 6.54 Å². The number of nitrogens with zero attached hydrogens (tertiary/aromatic N) is 3. The molecule has 0 saturated heterocycles. The van der Waals surface area contributed by atoms with Crippen LogP contribution in [0.1, 0.15) is 31.3 Å². The molecule has 0 aliphatic heterocycles. The Balaban J connectivity index is 2.16. The van der Waals surface area contributed by atoms with Crippen LogP contribution in [0.5, 0.6) is 0 Å². The van der Waals surface area contributed by atoms with Gasteiger partial charge in [0.05, 0.1) is 11.6 Å². The first kappa shape index (κ1) is 13.8. The van der Waals surface area contributed by atoms with Gasteiger partial charge in [-0.15, -0.1) is 0 Å². The van der Waals surface area contributed by atoms with Crippen LogP contribution in [0.4, 0.5) is 0 Å². The van der Waals surface area contributed by atoms with E-state index >= 15 is 0 Å². The Bertz CT molecular complexity index is 727. The highest BCUT2D eigenvalue weighted by molar-refractivity contribution is 5.82. The monoisotopic (exact) mass is 280 g/mol. The summed E-state index contributed by atoms with van der Waals surface area (Å²) in [6.07, 6.45) is 5.74. The number of nitrogens with one attached hydrogen (secondary N) is 1. The zero-order chi connectivity index (χ0) is 14.7. The summed E-state index contributed by atoms with van der Waals surface area (Å²) in [5, 5.41) is 4.70. The molecule has 1 N–H and O–H groups in total. The molecule has 1 unspecified atom stereocenters. The van der Waals surface area contributed by atoms with Gasteiger partial charge < -0.3 is 9.88 Å². The molecule has 0 aliphatic rings. The molecule has 1 atom stereocenters. The molecule has 0 saturated carbocycles. The van der Waals surface area contributed by atoms with Crippen LogP contribution in [-0.4, -0.2) is 21.1 Å². The highest BCUT2D eigenvalue weighted by atomic mass is 15.1. The first-order valence-electron chi connectivity index (χ1n) is 7.43. The highest BCUT2D eigenvalue weighted by Gasteiger charge is 2.20. The van der Waals surface area contributed by atoms with E-state index in [1.54, 1.807) is 0 Å². The van der Waals surface area contributed by atoms with Gasteiger partial charge in [0.2, 0.25) is 0 Å². The second kappa shape index (κ2) is 6.06. The van der Waals surface area contributed by atoms with Gasteiger partial charge in [0.1, 0.15) is 5.82 Å². The maximum absolute atomic E-state index is 4.57. The minimum absolute atomic E-state index is 0.0588. The average molecular weight is 280 g/mol. The molecule has 2 heterocycles. The fourth-order valence-corrected chi connectivity index (χ4v) is 2.75. The Morgan fingerprint density at radius 3 is 2.76 bits per heavy atom. The summed E-state index contributed by atoms with van der Waals surface area (Å²) in [5.41, 5.74) is 2.22. The maximum atomic E-state index is 4.57. The van der Waals surface area contributed by atoms with Crippen LogP contribution in [0.25, 0.3) is 10.9 Å². The first-order valence-corrected chi connectivity index (χ1v) is 7.43. The molecule has 4 heteroatoms. The third-order valence-corrected chi connectivity index (χ3v) is 3.73. The molecule has 4 nitrogen and oxygen atoms in total. The summed E-state index contributed by atoms with van der Waals surface area (Å²) in [5.74, 6) is 1.04. The van der Waals surface area contributed by atoms with Gasteiger partial charge in [-0.05, 0) is 19.5 Å². The van der Waals surface area contributed by atoms with Gasteiger partial charge in [-0.2, -0.15) is 0 Å². The van der Waals surface area contributed by atoms with Crippen LogP contribution in [0, 0.1) is 0 Å². The van der Waals surface area contributed by atoms with E-state index in [1.165, 1.54) is 5.56 Å². The van der Waals surface area contributed by atoms with Crippen molar-refractivity contribution in [2.24, 2.45) is 0 Å². The lowest BCUT2D eigenvalue weighted by molar-refractivity contribution is 0.561. The van der Waals surface area contributed by atoms with E-state index in [-0.39, 0.29) is 6.04 Å². The van der Waals surface area contributed by atoms with Crippen LogP contribution < -0.4 is 5.32 Å². The van der Waals surface area contributed by atoms with Gasteiger partial charge >= 0.3 is 0 Å². The van der Waals surface area contributed by atoms with Crippen molar-refractivity contribution in [3.63, 3.8) is 0 Å². The van der Waals surface area contributed by atoms with Crippen molar-refractivity contribution in [3.8, 4) is 0 Å². The second-order valence-corrected chi connectivity index (χ2v) is 4.98. The Morgan fingerprint density at radius 2 is 1.95 bits per heavy atom. The Labute approximate surface area is 124 Å². The quantitative estimate of drug-likeness (QED) is 0.780. The van der Waals surface area contributed by atoms with E-state index in [0.29, 0.717) is 0 Å². The highest BCUT2D eigenvalue weighted by Crippen LogP contribution is 2.26. The summed E-state index contributed by atoms with van der Waals surface area (Å²) in [4.78, 5) is 9.13. The zero-order valence-electron chi connectivity index (χ0n) is 12.5. The summed E-state index contributed by atoms with van der Waals surface area (Å²) < 4.78 is 2.18. The number of para-hydroxylation sites is 1. The molecule has 2 aromatic heterocycles. The predicted octanol–water partition coefficient (Wildman–Crippen LogP) is 3.15. The molecule has 21 heavy (non-hydrogen) atoms. The predicted molar refractivity (Wildman–Crippen MR) is 85.2 cm³/mol. The standard InChI is InChI=1S/C17H20N4/c1-3-18-16(17-20-11-12-21(17)4-2)14-9-5-7-13-8-6-10-19-15(13)14/h5-12,16,18H,3-4H2,1-2H3. The van der Waals surface area contributed by atoms with Crippen molar-refractivity contribution in [1.82, 2.24) is 19.9 Å². The summed E-state index contributed by atoms with van der Waals surface area (Å²) in [6, 6.07) is 10.5. The van der Waals surface area contributed by atoms with Crippen LogP contribution in [-0.2, 0) is 6.54 Å². The largest absolute Gasteiger partial charge is 0.334 e. The van der Waals surface area contributed by atoms with Gasteiger partial charge in [-0.1, -0.05) is 31.2 Å². The number of fused-ring (bicyclic) bond motifs is 1. The molecule has 0 radical (unpaired) electrons. The lowest BCUT2D eigenvalue weighted by Crippen LogP contribution is -2.25. The molecular formula is C17H20N4. The fourth-order valence-electron chi connectivity index (χ4n) is 2.75. The van der Waals surface area contributed by atoms with Crippen LogP contribution >= 0.6 is 0 Å². The van der Waals surface area contributed by atoms with Gasteiger partial charge in [0, 0.05) is 36.1 Å². The fraction of sp³-hybridized carbons (Fsp3) is 0.294. The van der Waals surface area contributed by atoms with Gasteiger partial charge in [0.25, 0.3) is 0 Å². The summed E-state index contributed by atoms with van der Waals surface area (Å²) in [7, 11) is 0. The Kier molecular flexibility index (Phi) is 3.97. The van der Waals surface area contributed by atoms with E-state index in [2.05, 4.69) is 58.0 Å². The number of rotatable bonds is 5. The Morgan fingerprint density at radius 1 is 1.10 bits per heavy atom. The average Bonchev–Trinajstić information content (AvgIpc) is 3.00. The first-order chi connectivity index (χ1) is 10.3. The number of hydrogen-bond acceptors (Lipinski definition) is 3. The summed E-state index contributed by atoms with van der Waals surface area (Å²) >= 11 is 0. The number of aromatic nitrogens is 3. The maximum Gasteiger partial charge on any atom is 0.130 e. The third kappa shape index (κ3) is 2.54. The van der Waals surface area contributed by atoms with Crippen molar-refractivity contribution in [3.05, 3.63) is 60.3 Å². The number of pyridine rings is 1. The van der Waals surface area contributed by atoms with E-state index in [1.807, 2.05) is 24.7 Å². The molecule has 0 fully saturated rings. The second-order valence-electron chi connectivity index (χ2n) is 4.98. The van der Waals surface area contributed by atoms with E-state index in [0.717, 1.165) is 29.8 Å². The van der Waals surface area contributed by atoms with Crippen LogP contribution in [0.2, 0.25) is 0 Å². The zero-order valence-corrected chi connectivity index (χ0v) is 12.5. The van der Waals surface area contributed by atoms with E-state index in [9.17, 15) is 0 Å². The van der Waals surface area contributed by atoms with Crippen molar-refractivity contribution in [2.45, 2.75) is 26.4 Å². The number of benzene rings is 1. The smallest absolute Gasteiger partial charge is 0.130 e. The van der Waals surface area contributed by atoms with Crippen molar-refractivity contribution < 1.29 is 0 Å². The minimum Gasteiger partial charge on any atom is -0.334 e. The summed E-state index contributed by atoms with van der Waals surface area (Å²) in [6.45, 7) is 6.04. The van der Waals surface area contributed by atoms with E-state index in [4.69, 9.17) is 0 Å². The van der Waals surface area contributed by atoms with Gasteiger partial charge in [0.15, 0.2) is 0 Å². The molecule has 1 aromatic carbocycles. The van der Waals surface area contributed by atoms with Crippen molar-refractivity contribution >= 4 is 10.9 Å². The number of aryl methyl sites for hydroxylation is 1. The minimum atomic E-state index is 0.0588. The molecule has 108 valence electrons. The lowest BCUT2D eigenvalue weighted by atomic mass is 10.0. The normalized spacial score (nSPS) is 12.7. The molecule has 0 bridgehead atoms. The van der Waals surface area contributed by atoms with E-state index < -0.39 is 0 Å². The molecule has 3 aromatic rings. The molecule has 0 spiro atoms. The van der Waals surface area contributed by atoms with Crippen molar-refractivity contribution in [1.29, 1.82) is 0 Å². The van der Waals surface area contributed by atoms with Crippen LogP contribution in [0.15, 0.2) is 48.9 Å². The van der Waals surface area contributed by atoms with Crippen LogP contribution in [0.3, 0.4) is 0 Å². The Hall–Kier alpha value is -2.20. The number of hydrogen-bond donors (Lipinski definition) is 1. The van der Waals surface area contributed by atoms with Gasteiger partial charge in [-0.25, -0.2) is 4.98 Å². The molecule has 0 aliphatic carbocycles. The topological polar surface area (TPSA) is 42.7 Å². The third-order valence-electron chi connectivity index (χ3n) is 3.73. The molecule has 3 rings (SSSR count). The molecule has 0 amide bonds. The van der Waals surface area contributed by atoms with Gasteiger partial charge in [-0.3, -0.25) is 4.98 Å².